The van der Waals surface area contributed by atoms with Gasteiger partial charge in [-0.25, -0.2) is 4.98 Å². The number of rotatable bonds is 5. The van der Waals surface area contributed by atoms with Crippen LogP contribution in [0.4, 0.5) is 13.9 Å². The first-order chi connectivity index (χ1) is 10.7. The average molecular weight is 319 g/mol. The van der Waals surface area contributed by atoms with Gasteiger partial charge in [-0.2, -0.15) is 13.9 Å². The van der Waals surface area contributed by atoms with Gasteiger partial charge in [-0.1, -0.05) is 23.5 Å². The Morgan fingerprint density at radius 3 is 2.64 bits per heavy atom. The SMILES string of the molecule is FC(F)Oc1ccc(C=NNc2nc3ccccc3s2)cc1. The largest absolute Gasteiger partial charge is 0.435 e. The van der Waals surface area contributed by atoms with Gasteiger partial charge in [-0.05, 0) is 42.0 Å². The maximum atomic E-state index is 12.0. The number of halogens is 2. The van der Waals surface area contributed by atoms with Crippen molar-refractivity contribution >= 4 is 32.9 Å². The molecule has 0 atom stereocenters. The van der Waals surface area contributed by atoms with Gasteiger partial charge in [0.25, 0.3) is 0 Å². The number of hydrazone groups is 1. The van der Waals surface area contributed by atoms with Crippen molar-refractivity contribution in [2.75, 3.05) is 5.43 Å². The molecule has 1 aromatic heterocycles. The predicted octanol–water partition coefficient (Wildman–Crippen LogP) is 4.34. The summed E-state index contributed by atoms with van der Waals surface area (Å²) in [4.78, 5) is 4.38. The van der Waals surface area contributed by atoms with E-state index in [4.69, 9.17) is 0 Å². The van der Waals surface area contributed by atoms with Crippen molar-refractivity contribution in [3.8, 4) is 5.75 Å². The number of ether oxygens (including phenoxy) is 1. The molecule has 0 aliphatic heterocycles. The van der Waals surface area contributed by atoms with Crippen molar-refractivity contribution in [3.63, 3.8) is 0 Å². The molecule has 1 heterocycles. The number of fused-ring (bicyclic) bond motifs is 1. The number of nitrogens with one attached hydrogen (secondary N) is 1. The minimum absolute atomic E-state index is 0.117. The minimum atomic E-state index is -2.82. The molecule has 3 rings (SSSR count). The van der Waals surface area contributed by atoms with Crippen LogP contribution in [0, 0.1) is 0 Å². The summed E-state index contributed by atoms with van der Waals surface area (Å²) in [6.45, 7) is -2.82. The predicted molar refractivity (Wildman–Crippen MR) is 83.9 cm³/mol. The normalized spacial score (nSPS) is 11.4. The first kappa shape index (κ1) is 14.4. The van der Waals surface area contributed by atoms with Crippen molar-refractivity contribution in [3.05, 3.63) is 54.1 Å². The summed E-state index contributed by atoms with van der Waals surface area (Å²) in [6, 6.07) is 14.0. The Kier molecular flexibility index (Phi) is 4.24. The van der Waals surface area contributed by atoms with E-state index in [0.29, 0.717) is 5.13 Å². The fourth-order valence-corrected chi connectivity index (χ4v) is 2.63. The van der Waals surface area contributed by atoms with Crippen LogP contribution < -0.4 is 10.2 Å². The number of hydrogen-bond donors (Lipinski definition) is 1. The molecule has 4 nitrogen and oxygen atoms in total. The molecule has 0 aliphatic carbocycles. The van der Waals surface area contributed by atoms with Crippen LogP contribution in [0.15, 0.2) is 53.6 Å². The molecule has 0 fully saturated rings. The third kappa shape index (κ3) is 3.56. The number of benzene rings is 2. The van der Waals surface area contributed by atoms with E-state index in [1.54, 1.807) is 18.3 Å². The second kappa shape index (κ2) is 6.48. The minimum Gasteiger partial charge on any atom is -0.435 e. The molecular formula is C15H11F2N3OS. The zero-order valence-corrected chi connectivity index (χ0v) is 12.1. The van der Waals surface area contributed by atoms with Gasteiger partial charge in [0.05, 0.1) is 16.4 Å². The van der Waals surface area contributed by atoms with Gasteiger partial charge in [0.1, 0.15) is 5.75 Å². The first-order valence-electron chi connectivity index (χ1n) is 6.40. The van der Waals surface area contributed by atoms with Crippen LogP contribution in [0.25, 0.3) is 10.2 Å². The highest BCUT2D eigenvalue weighted by atomic mass is 32.1. The maximum absolute atomic E-state index is 12.0. The van der Waals surface area contributed by atoms with Gasteiger partial charge in [0, 0.05) is 0 Å². The third-order valence-corrected chi connectivity index (χ3v) is 3.71. The van der Waals surface area contributed by atoms with Crippen LogP contribution in [-0.4, -0.2) is 17.8 Å². The summed E-state index contributed by atoms with van der Waals surface area (Å²) in [6.07, 6.45) is 1.58. The van der Waals surface area contributed by atoms with E-state index in [2.05, 4.69) is 20.2 Å². The molecule has 0 bridgehead atoms. The molecule has 0 saturated carbocycles. The Hall–Kier alpha value is -2.54. The molecule has 0 aliphatic rings. The second-order valence-corrected chi connectivity index (χ2v) is 5.33. The Balaban J connectivity index is 1.64. The molecule has 22 heavy (non-hydrogen) atoms. The summed E-state index contributed by atoms with van der Waals surface area (Å²) in [5.74, 6) is 0.117. The number of alkyl halides is 2. The Morgan fingerprint density at radius 2 is 1.91 bits per heavy atom. The molecular weight excluding hydrogens is 308 g/mol. The number of anilines is 1. The van der Waals surface area contributed by atoms with Crippen LogP contribution in [-0.2, 0) is 0 Å². The number of para-hydroxylation sites is 1. The highest BCUT2D eigenvalue weighted by Gasteiger charge is 2.03. The van der Waals surface area contributed by atoms with Gasteiger partial charge in [-0.15, -0.1) is 0 Å². The zero-order valence-electron chi connectivity index (χ0n) is 11.2. The number of nitrogens with zero attached hydrogens (tertiary/aromatic N) is 2. The fraction of sp³-hybridized carbons (Fsp3) is 0.0667. The summed E-state index contributed by atoms with van der Waals surface area (Å²) in [7, 11) is 0. The first-order valence-corrected chi connectivity index (χ1v) is 7.22. The molecule has 7 heteroatoms. The van der Waals surface area contributed by atoms with Gasteiger partial charge in [-0.3, -0.25) is 5.43 Å². The van der Waals surface area contributed by atoms with E-state index in [1.165, 1.54) is 23.5 Å². The Morgan fingerprint density at radius 1 is 1.14 bits per heavy atom. The average Bonchev–Trinajstić information content (AvgIpc) is 2.91. The Bertz CT molecular complexity index is 754. The summed E-state index contributed by atoms with van der Waals surface area (Å²) < 4.78 is 29.4. The standard InChI is InChI=1S/C15H11F2N3OS/c16-14(17)21-11-7-5-10(6-8-11)9-18-20-15-19-12-3-1-2-4-13(12)22-15/h1-9,14H,(H,19,20). The van der Waals surface area contributed by atoms with Gasteiger partial charge in [0.15, 0.2) is 0 Å². The van der Waals surface area contributed by atoms with Crippen molar-refractivity contribution in [1.82, 2.24) is 4.98 Å². The number of thiazole rings is 1. The van der Waals surface area contributed by atoms with E-state index >= 15 is 0 Å². The highest BCUT2D eigenvalue weighted by molar-refractivity contribution is 7.22. The molecule has 0 unspecified atom stereocenters. The van der Waals surface area contributed by atoms with Crippen LogP contribution in [0.2, 0.25) is 0 Å². The Labute approximate surface area is 129 Å². The van der Waals surface area contributed by atoms with Crippen molar-refractivity contribution in [2.45, 2.75) is 6.61 Å². The molecule has 0 amide bonds. The number of hydrogen-bond acceptors (Lipinski definition) is 5. The smallest absolute Gasteiger partial charge is 0.387 e. The lowest BCUT2D eigenvalue weighted by Gasteiger charge is -2.03. The van der Waals surface area contributed by atoms with Gasteiger partial charge < -0.3 is 4.74 Å². The number of aromatic nitrogens is 1. The summed E-state index contributed by atoms with van der Waals surface area (Å²) >= 11 is 1.50. The van der Waals surface area contributed by atoms with E-state index in [0.717, 1.165) is 15.8 Å². The van der Waals surface area contributed by atoms with E-state index in [-0.39, 0.29) is 5.75 Å². The van der Waals surface area contributed by atoms with Crippen LogP contribution in [0.5, 0.6) is 5.75 Å². The summed E-state index contributed by atoms with van der Waals surface area (Å²) in [5, 5.41) is 4.77. The van der Waals surface area contributed by atoms with Crippen LogP contribution in [0.3, 0.4) is 0 Å². The molecule has 0 saturated heterocycles. The molecule has 2 aromatic carbocycles. The van der Waals surface area contributed by atoms with Gasteiger partial charge >= 0.3 is 6.61 Å². The van der Waals surface area contributed by atoms with Crippen molar-refractivity contribution < 1.29 is 13.5 Å². The second-order valence-electron chi connectivity index (χ2n) is 4.30. The highest BCUT2D eigenvalue weighted by Crippen LogP contribution is 2.25. The molecule has 112 valence electrons. The zero-order chi connectivity index (χ0) is 15.4. The molecule has 1 N–H and O–H groups in total. The van der Waals surface area contributed by atoms with E-state index in [1.807, 2.05) is 24.3 Å². The monoisotopic (exact) mass is 319 g/mol. The third-order valence-electron chi connectivity index (χ3n) is 2.77. The van der Waals surface area contributed by atoms with Crippen LogP contribution >= 0.6 is 11.3 Å². The molecule has 3 aromatic rings. The lowest BCUT2D eigenvalue weighted by molar-refractivity contribution is -0.0498. The van der Waals surface area contributed by atoms with Crippen LogP contribution in [0.1, 0.15) is 5.56 Å². The van der Waals surface area contributed by atoms with E-state index in [9.17, 15) is 8.78 Å². The maximum Gasteiger partial charge on any atom is 0.387 e. The molecule has 0 radical (unpaired) electrons. The van der Waals surface area contributed by atoms with Crippen molar-refractivity contribution in [2.24, 2.45) is 5.10 Å². The lowest BCUT2D eigenvalue weighted by atomic mass is 10.2. The lowest BCUT2D eigenvalue weighted by Crippen LogP contribution is -2.01. The quantitative estimate of drug-likeness (QED) is 0.562. The molecule has 0 spiro atoms. The van der Waals surface area contributed by atoms with Crippen molar-refractivity contribution in [1.29, 1.82) is 0 Å². The topological polar surface area (TPSA) is 46.5 Å². The summed E-state index contributed by atoms with van der Waals surface area (Å²) in [5.41, 5.74) is 4.53. The van der Waals surface area contributed by atoms with E-state index < -0.39 is 6.61 Å². The fourth-order valence-electron chi connectivity index (χ4n) is 1.82. The van der Waals surface area contributed by atoms with Gasteiger partial charge in [0.2, 0.25) is 5.13 Å².